The maximum absolute atomic E-state index is 13.7. The molecular weight excluding hydrogens is 191 g/mol. The van der Waals surface area contributed by atoms with Gasteiger partial charge in [0, 0.05) is 19.6 Å². The van der Waals surface area contributed by atoms with Crippen molar-refractivity contribution in [3.8, 4) is 0 Å². The first-order valence-electron chi connectivity index (χ1n) is 5.32. The predicted molar refractivity (Wildman–Crippen MR) is 62.6 cm³/mol. The lowest BCUT2D eigenvalue weighted by Crippen LogP contribution is -2.19. The monoisotopic (exact) mass is 210 g/mol. The number of nitrogens with zero attached hydrogens (tertiary/aromatic N) is 1. The Bertz CT molecular complexity index is 323. The van der Waals surface area contributed by atoms with Crippen LogP contribution in [-0.4, -0.2) is 13.6 Å². The van der Waals surface area contributed by atoms with Crippen LogP contribution in [0, 0.1) is 5.82 Å². The van der Waals surface area contributed by atoms with Crippen molar-refractivity contribution in [2.45, 2.75) is 26.3 Å². The van der Waals surface area contributed by atoms with Crippen molar-refractivity contribution in [2.24, 2.45) is 5.73 Å². The molecule has 0 amide bonds. The third-order valence-corrected chi connectivity index (χ3v) is 2.47. The van der Waals surface area contributed by atoms with Crippen molar-refractivity contribution in [3.63, 3.8) is 0 Å². The predicted octanol–water partition coefficient (Wildman–Crippen LogP) is 2.69. The lowest BCUT2D eigenvalue weighted by molar-refractivity contribution is 0.616. The molecule has 0 saturated carbocycles. The van der Waals surface area contributed by atoms with E-state index in [9.17, 15) is 4.39 Å². The minimum Gasteiger partial charge on any atom is -0.372 e. The molecule has 0 bridgehead atoms. The summed E-state index contributed by atoms with van der Waals surface area (Å²) >= 11 is 0. The maximum atomic E-state index is 13.7. The highest BCUT2D eigenvalue weighted by molar-refractivity contribution is 5.48. The third kappa shape index (κ3) is 2.93. The van der Waals surface area contributed by atoms with Gasteiger partial charge in [-0.15, -0.1) is 0 Å². The van der Waals surface area contributed by atoms with Gasteiger partial charge >= 0.3 is 0 Å². The van der Waals surface area contributed by atoms with E-state index in [1.807, 2.05) is 24.9 Å². The Balaban J connectivity index is 2.92. The summed E-state index contributed by atoms with van der Waals surface area (Å²) in [6.07, 6.45) is 1.00. The molecule has 1 aromatic rings. The maximum Gasteiger partial charge on any atom is 0.146 e. The minimum absolute atomic E-state index is 0.120. The molecule has 1 rings (SSSR count). The molecule has 15 heavy (non-hydrogen) atoms. The van der Waals surface area contributed by atoms with Gasteiger partial charge in [0.25, 0.3) is 0 Å². The molecule has 0 aliphatic carbocycles. The molecule has 0 fully saturated rings. The van der Waals surface area contributed by atoms with Gasteiger partial charge < -0.3 is 10.6 Å². The van der Waals surface area contributed by atoms with Crippen molar-refractivity contribution >= 4 is 5.69 Å². The molecule has 0 radical (unpaired) electrons. The molecule has 1 atom stereocenters. The second-order valence-corrected chi connectivity index (χ2v) is 3.92. The molecule has 0 saturated heterocycles. The Morgan fingerprint density at radius 1 is 1.47 bits per heavy atom. The minimum atomic E-state index is -0.194. The molecule has 0 unspecified atom stereocenters. The molecule has 84 valence electrons. The normalized spacial score (nSPS) is 12.6. The second kappa shape index (κ2) is 5.12. The highest BCUT2D eigenvalue weighted by Gasteiger charge is 2.09. The van der Waals surface area contributed by atoms with E-state index in [0.29, 0.717) is 5.69 Å². The van der Waals surface area contributed by atoms with Crippen LogP contribution in [-0.2, 0) is 0 Å². The summed E-state index contributed by atoms with van der Waals surface area (Å²) in [7, 11) is 1.90. The summed E-state index contributed by atoms with van der Waals surface area (Å²) in [6.45, 7) is 4.78. The van der Waals surface area contributed by atoms with Gasteiger partial charge in [-0.25, -0.2) is 4.39 Å². The van der Waals surface area contributed by atoms with E-state index in [1.54, 1.807) is 6.07 Å². The van der Waals surface area contributed by atoms with Crippen LogP contribution in [0.5, 0.6) is 0 Å². The summed E-state index contributed by atoms with van der Waals surface area (Å²) < 4.78 is 13.7. The Morgan fingerprint density at radius 2 is 2.13 bits per heavy atom. The van der Waals surface area contributed by atoms with Crippen molar-refractivity contribution in [2.75, 3.05) is 18.5 Å². The average molecular weight is 210 g/mol. The lowest BCUT2D eigenvalue weighted by atomic mass is 10.1. The molecule has 0 aromatic heterocycles. The highest BCUT2D eigenvalue weighted by Crippen LogP contribution is 2.21. The number of rotatable bonds is 4. The van der Waals surface area contributed by atoms with Crippen LogP contribution < -0.4 is 10.6 Å². The van der Waals surface area contributed by atoms with Crippen molar-refractivity contribution < 1.29 is 4.39 Å². The number of hydrogen-bond acceptors (Lipinski definition) is 2. The van der Waals surface area contributed by atoms with Gasteiger partial charge in [-0.3, -0.25) is 0 Å². The Labute approximate surface area is 90.9 Å². The Kier molecular flexibility index (Phi) is 4.09. The van der Waals surface area contributed by atoms with Gasteiger partial charge in [0.05, 0.1) is 5.69 Å². The molecule has 0 aliphatic heterocycles. The van der Waals surface area contributed by atoms with E-state index in [1.165, 1.54) is 6.07 Å². The van der Waals surface area contributed by atoms with E-state index < -0.39 is 0 Å². The van der Waals surface area contributed by atoms with Gasteiger partial charge in [0.2, 0.25) is 0 Å². The largest absolute Gasteiger partial charge is 0.372 e. The van der Waals surface area contributed by atoms with Crippen LogP contribution in [0.25, 0.3) is 0 Å². The van der Waals surface area contributed by atoms with Crippen LogP contribution in [0.1, 0.15) is 31.9 Å². The Hall–Kier alpha value is -1.09. The zero-order valence-electron chi connectivity index (χ0n) is 9.63. The zero-order valence-corrected chi connectivity index (χ0v) is 9.63. The molecule has 3 heteroatoms. The Morgan fingerprint density at radius 3 is 2.60 bits per heavy atom. The average Bonchev–Trinajstić information content (AvgIpc) is 2.17. The van der Waals surface area contributed by atoms with E-state index >= 15 is 0 Å². The van der Waals surface area contributed by atoms with E-state index in [-0.39, 0.29) is 11.9 Å². The SMILES string of the molecule is CCCN(C)c1ccc([C@H](C)N)cc1F. The summed E-state index contributed by atoms with van der Waals surface area (Å²) in [5, 5.41) is 0. The van der Waals surface area contributed by atoms with Gasteiger partial charge in [-0.2, -0.15) is 0 Å². The van der Waals surface area contributed by atoms with Gasteiger partial charge in [0.1, 0.15) is 5.82 Å². The fourth-order valence-corrected chi connectivity index (χ4v) is 1.57. The van der Waals surface area contributed by atoms with Gasteiger partial charge in [-0.05, 0) is 31.0 Å². The topological polar surface area (TPSA) is 29.3 Å². The molecule has 0 aliphatic rings. The molecular formula is C12H19FN2. The number of nitrogens with two attached hydrogens (primary N) is 1. The number of halogens is 1. The number of anilines is 1. The van der Waals surface area contributed by atoms with Gasteiger partial charge in [-0.1, -0.05) is 13.0 Å². The zero-order chi connectivity index (χ0) is 11.4. The first-order valence-corrected chi connectivity index (χ1v) is 5.32. The number of hydrogen-bond donors (Lipinski definition) is 1. The first-order chi connectivity index (χ1) is 7.06. The van der Waals surface area contributed by atoms with Crippen LogP contribution in [0.15, 0.2) is 18.2 Å². The molecule has 0 spiro atoms. The molecule has 0 heterocycles. The number of benzene rings is 1. The van der Waals surface area contributed by atoms with Crippen LogP contribution in [0.2, 0.25) is 0 Å². The fraction of sp³-hybridized carbons (Fsp3) is 0.500. The fourth-order valence-electron chi connectivity index (χ4n) is 1.57. The standard InChI is InChI=1S/C12H19FN2/c1-4-7-15(3)12-6-5-10(9(2)14)8-11(12)13/h5-6,8-9H,4,7,14H2,1-3H3/t9-/m0/s1. The van der Waals surface area contributed by atoms with Crippen LogP contribution >= 0.6 is 0 Å². The molecule has 2 nitrogen and oxygen atoms in total. The van der Waals surface area contributed by atoms with Crippen molar-refractivity contribution in [1.29, 1.82) is 0 Å². The van der Waals surface area contributed by atoms with E-state index in [2.05, 4.69) is 6.92 Å². The van der Waals surface area contributed by atoms with E-state index in [0.717, 1.165) is 18.5 Å². The van der Waals surface area contributed by atoms with Crippen molar-refractivity contribution in [3.05, 3.63) is 29.6 Å². The quantitative estimate of drug-likeness (QED) is 0.828. The lowest BCUT2D eigenvalue weighted by Gasteiger charge is -2.19. The van der Waals surface area contributed by atoms with Crippen molar-refractivity contribution in [1.82, 2.24) is 0 Å². The van der Waals surface area contributed by atoms with Gasteiger partial charge in [0.15, 0.2) is 0 Å². The van der Waals surface area contributed by atoms with Crippen LogP contribution in [0.3, 0.4) is 0 Å². The summed E-state index contributed by atoms with van der Waals surface area (Å²) in [6, 6.07) is 5.08. The first kappa shape index (κ1) is 12.0. The summed E-state index contributed by atoms with van der Waals surface area (Å²) in [4.78, 5) is 1.92. The highest BCUT2D eigenvalue weighted by atomic mass is 19.1. The summed E-state index contributed by atoms with van der Waals surface area (Å²) in [5.41, 5.74) is 7.16. The van der Waals surface area contributed by atoms with E-state index in [4.69, 9.17) is 5.73 Å². The van der Waals surface area contributed by atoms with Crippen LogP contribution in [0.4, 0.5) is 10.1 Å². The molecule has 2 N–H and O–H groups in total. The molecule has 1 aromatic carbocycles. The summed E-state index contributed by atoms with van der Waals surface area (Å²) in [5.74, 6) is -0.194. The third-order valence-electron chi connectivity index (χ3n) is 2.47. The smallest absolute Gasteiger partial charge is 0.146 e. The second-order valence-electron chi connectivity index (χ2n) is 3.92.